The Hall–Kier alpha value is -2.46. The lowest BCUT2D eigenvalue weighted by Crippen LogP contribution is -2.11. The van der Waals surface area contributed by atoms with Crippen molar-refractivity contribution < 1.29 is 0 Å². The van der Waals surface area contributed by atoms with Crippen LogP contribution in [-0.2, 0) is 6.54 Å². The van der Waals surface area contributed by atoms with Crippen LogP contribution in [0.4, 0.5) is 0 Å². The van der Waals surface area contributed by atoms with Gasteiger partial charge in [-0.2, -0.15) is 5.10 Å². The van der Waals surface area contributed by atoms with Gasteiger partial charge >= 0.3 is 0 Å². The maximum absolute atomic E-state index is 4.52. The number of rotatable bonds is 4. The lowest BCUT2D eigenvalue weighted by atomic mass is 10.1. The van der Waals surface area contributed by atoms with E-state index in [9.17, 15) is 0 Å². The molecule has 0 aliphatic heterocycles. The van der Waals surface area contributed by atoms with Crippen molar-refractivity contribution in [2.24, 2.45) is 0 Å². The first-order chi connectivity index (χ1) is 10.6. The van der Waals surface area contributed by atoms with E-state index in [0.717, 1.165) is 23.6 Å². The maximum atomic E-state index is 4.52. The van der Waals surface area contributed by atoms with E-state index in [1.807, 2.05) is 41.3 Å². The minimum absolute atomic E-state index is 0.860. The topological polar surface area (TPSA) is 34.0 Å². The molecule has 0 aliphatic carbocycles. The van der Waals surface area contributed by atoms with Crippen LogP contribution in [0.1, 0.15) is 11.3 Å². The summed E-state index contributed by atoms with van der Waals surface area (Å²) in [4.78, 5) is 6.61. The molecular formula is C18H20N4. The molecule has 1 aromatic carbocycles. The van der Waals surface area contributed by atoms with Crippen molar-refractivity contribution in [1.29, 1.82) is 0 Å². The van der Waals surface area contributed by atoms with Gasteiger partial charge in [0.2, 0.25) is 0 Å². The van der Waals surface area contributed by atoms with E-state index in [4.69, 9.17) is 0 Å². The van der Waals surface area contributed by atoms with Gasteiger partial charge in [0.15, 0.2) is 5.82 Å². The van der Waals surface area contributed by atoms with Gasteiger partial charge in [-0.15, -0.1) is 0 Å². The van der Waals surface area contributed by atoms with E-state index < -0.39 is 0 Å². The molecule has 0 spiro atoms. The van der Waals surface area contributed by atoms with Crippen molar-refractivity contribution in [2.45, 2.75) is 13.5 Å². The smallest absolute Gasteiger partial charge is 0.153 e. The maximum Gasteiger partial charge on any atom is 0.153 e. The van der Waals surface area contributed by atoms with Crippen LogP contribution in [0.5, 0.6) is 0 Å². The molecule has 4 heteroatoms. The highest BCUT2D eigenvalue weighted by Gasteiger charge is 2.11. The summed E-state index contributed by atoms with van der Waals surface area (Å²) in [5.74, 6) is 0.860. The van der Waals surface area contributed by atoms with Crippen LogP contribution >= 0.6 is 0 Å². The number of hydrogen-bond donors (Lipinski definition) is 0. The van der Waals surface area contributed by atoms with Gasteiger partial charge < -0.3 is 4.90 Å². The zero-order valence-corrected chi connectivity index (χ0v) is 13.2. The average Bonchev–Trinajstić information content (AvgIpc) is 2.89. The van der Waals surface area contributed by atoms with Crippen molar-refractivity contribution in [3.8, 4) is 16.9 Å². The molecule has 0 unspecified atom stereocenters. The van der Waals surface area contributed by atoms with E-state index in [1.54, 1.807) is 0 Å². The lowest BCUT2D eigenvalue weighted by molar-refractivity contribution is 0.402. The van der Waals surface area contributed by atoms with Gasteiger partial charge in [-0.1, -0.05) is 30.3 Å². The molecule has 0 saturated carbocycles. The molecule has 112 valence electrons. The third kappa shape index (κ3) is 2.92. The Bertz CT molecular complexity index is 760. The minimum Gasteiger partial charge on any atom is -0.305 e. The van der Waals surface area contributed by atoms with Crippen LogP contribution in [0, 0.1) is 6.92 Å². The van der Waals surface area contributed by atoms with Crippen molar-refractivity contribution >= 4 is 0 Å². The quantitative estimate of drug-likeness (QED) is 0.740. The molecule has 0 N–H and O–H groups in total. The molecule has 4 nitrogen and oxygen atoms in total. The lowest BCUT2D eigenvalue weighted by Gasteiger charge is -2.11. The van der Waals surface area contributed by atoms with Crippen LogP contribution < -0.4 is 0 Å². The number of nitrogens with zero attached hydrogens (tertiary/aromatic N) is 4. The SMILES string of the molecule is Cc1c(-c2ccccc2)cnn1-c1cc(CN(C)C)ccn1. The summed E-state index contributed by atoms with van der Waals surface area (Å²) < 4.78 is 1.90. The minimum atomic E-state index is 0.860. The normalized spacial score (nSPS) is 11.1. The number of hydrogen-bond acceptors (Lipinski definition) is 3. The number of pyridine rings is 1. The summed E-state index contributed by atoms with van der Waals surface area (Å²) in [5.41, 5.74) is 4.64. The highest BCUT2D eigenvalue weighted by atomic mass is 15.3. The van der Waals surface area contributed by atoms with Crippen LogP contribution in [0.25, 0.3) is 16.9 Å². The second kappa shape index (κ2) is 6.12. The highest BCUT2D eigenvalue weighted by Crippen LogP contribution is 2.24. The molecule has 0 amide bonds. The molecule has 0 fully saturated rings. The fraction of sp³-hybridized carbons (Fsp3) is 0.222. The zero-order valence-electron chi connectivity index (χ0n) is 13.2. The summed E-state index contributed by atoms with van der Waals surface area (Å²) >= 11 is 0. The molecule has 22 heavy (non-hydrogen) atoms. The van der Waals surface area contributed by atoms with Crippen molar-refractivity contribution in [3.63, 3.8) is 0 Å². The summed E-state index contributed by atoms with van der Waals surface area (Å²) in [6, 6.07) is 14.4. The second-order valence-electron chi connectivity index (χ2n) is 5.68. The molecule has 3 aromatic rings. The predicted octanol–water partition coefficient (Wildman–Crippen LogP) is 3.30. The molecule has 0 radical (unpaired) electrons. The van der Waals surface area contributed by atoms with E-state index in [2.05, 4.69) is 54.2 Å². The molecule has 0 aliphatic rings. The van der Waals surface area contributed by atoms with Crippen LogP contribution in [0.2, 0.25) is 0 Å². The number of benzene rings is 1. The third-order valence-electron chi connectivity index (χ3n) is 3.62. The molecule has 3 rings (SSSR count). The van der Waals surface area contributed by atoms with Gasteiger partial charge in [-0.25, -0.2) is 9.67 Å². The molecule has 2 heterocycles. The predicted molar refractivity (Wildman–Crippen MR) is 88.9 cm³/mol. The van der Waals surface area contributed by atoms with Crippen LogP contribution in [0.3, 0.4) is 0 Å². The first kappa shape index (κ1) is 14.5. The average molecular weight is 292 g/mol. The summed E-state index contributed by atoms with van der Waals surface area (Å²) in [6.45, 7) is 2.97. The van der Waals surface area contributed by atoms with Crippen molar-refractivity contribution in [3.05, 3.63) is 66.1 Å². The van der Waals surface area contributed by atoms with Gasteiger partial charge in [-0.05, 0) is 44.3 Å². The summed E-state index contributed by atoms with van der Waals surface area (Å²) in [5, 5.41) is 4.52. The Morgan fingerprint density at radius 1 is 1.09 bits per heavy atom. The van der Waals surface area contributed by atoms with Crippen molar-refractivity contribution in [1.82, 2.24) is 19.7 Å². The standard InChI is InChI=1S/C18H20N4/c1-14-17(16-7-5-4-6-8-16)12-20-22(14)18-11-15(9-10-19-18)13-21(2)3/h4-12H,13H2,1-3H3. The molecule has 0 bridgehead atoms. The zero-order chi connectivity index (χ0) is 15.5. The van der Waals surface area contributed by atoms with E-state index >= 15 is 0 Å². The van der Waals surface area contributed by atoms with Gasteiger partial charge in [0.05, 0.1) is 11.9 Å². The van der Waals surface area contributed by atoms with E-state index in [-0.39, 0.29) is 0 Å². The van der Waals surface area contributed by atoms with Crippen LogP contribution in [-0.4, -0.2) is 33.8 Å². The Kier molecular flexibility index (Phi) is 4.02. The molecular weight excluding hydrogens is 272 g/mol. The highest BCUT2D eigenvalue weighted by molar-refractivity contribution is 5.65. The van der Waals surface area contributed by atoms with Gasteiger partial charge in [0, 0.05) is 18.3 Å². The Morgan fingerprint density at radius 3 is 2.59 bits per heavy atom. The fourth-order valence-electron chi connectivity index (χ4n) is 2.58. The Balaban J connectivity index is 1.98. The monoisotopic (exact) mass is 292 g/mol. The fourth-order valence-corrected chi connectivity index (χ4v) is 2.58. The number of aromatic nitrogens is 3. The first-order valence-corrected chi connectivity index (χ1v) is 7.35. The summed E-state index contributed by atoms with van der Waals surface area (Å²) in [7, 11) is 4.12. The molecule has 0 saturated heterocycles. The van der Waals surface area contributed by atoms with Crippen LogP contribution in [0.15, 0.2) is 54.9 Å². The van der Waals surface area contributed by atoms with E-state index in [0.29, 0.717) is 0 Å². The summed E-state index contributed by atoms with van der Waals surface area (Å²) in [6.07, 6.45) is 3.75. The first-order valence-electron chi connectivity index (χ1n) is 7.35. The largest absolute Gasteiger partial charge is 0.305 e. The third-order valence-corrected chi connectivity index (χ3v) is 3.62. The second-order valence-corrected chi connectivity index (χ2v) is 5.68. The van der Waals surface area contributed by atoms with Gasteiger partial charge in [0.25, 0.3) is 0 Å². The van der Waals surface area contributed by atoms with Crippen molar-refractivity contribution in [2.75, 3.05) is 14.1 Å². The van der Waals surface area contributed by atoms with Gasteiger partial charge in [0.1, 0.15) is 0 Å². The van der Waals surface area contributed by atoms with Gasteiger partial charge in [-0.3, -0.25) is 0 Å². The molecule has 2 aromatic heterocycles. The molecule has 0 atom stereocenters. The Labute approximate surface area is 131 Å². The van der Waals surface area contributed by atoms with E-state index in [1.165, 1.54) is 11.1 Å². The Morgan fingerprint density at radius 2 is 1.86 bits per heavy atom.